The summed E-state index contributed by atoms with van der Waals surface area (Å²) in [4.78, 5) is 13.8. The van der Waals surface area contributed by atoms with Crippen LogP contribution in [0.1, 0.15) is 50.0 Å². The molecular weight excluding hydrogens is 437 g/mol. The number of carboxylic acid groups (broad SMARTS) is 1. The molecule has 2 aromatic carbocycles. The molecule has 1 aromatic heterocycles. The van der Waals surface area contributed by atoms with E-state index in [2.05, 4.69) is 4.57 Å². The molecule has 1 N–H and O–H groups in total. The van der Waals surface area contributed by atoms with E-state index in [-0.39, 0.29) is 17.8 Å². The van der Waals surface area contributed by atoms with Crippen molar-refractivity contribution < 1.29 is 19.0 Å². The van der Waals surface area contributed by atoms with Crippen molar-refractivity contribution in [2.75, 3.05) is 7.11 Å². The second kappa shape index (κ2) is 8.85. The Kier molecular flexibility index (Phi) is 6.33. The maximum absolute atomic E-state index is 14.7. The molecule has 3 atom stereocenters. The molecule has 7 heteroatoms. The first kappa shape index (κ1) is 22.2. The molecule has 0 spiro atoms. The Labute approximate surface area is 190 Å². The normalized spacial score (nSPS) is 17.6. The van der Waals surface area contributed by atoms with E-state index >= 15 is 0 Å². The fourth-order valence-electron chi connectivity index (χ4n) is 4.62. The minimum Gasteiger partial charge on any atom is -0.481 e. The number of nitrogens with zero attached hydrogens (tertiary/aromatic N) is 1. The van der Waals surface area contributed by atoms with E-state index in [0.717, 1.165) is 38.4 Å². The summed E-state index contributed by atoms with van der Waals surface area (Å²) in [5.74, 6) is -1.80. The van der Waals surface area contributed by atoms with E-state index in [0.29, 0.717) is 18.0 Å². The zero-order valence-corrected chi connectivity index (χ0v) is 19.3. The molecule has 1 aliphatic heterocycles. The summed E-state index contributed by atoms with van der Waals surface area (Å²) >= 11 is 7.65. The highest BCUT2D eigenvalue weighted by Gasteiger charge is 2.37. The number of hydrogen-bond acceptors (Lipinski definition) is 3. The van der Waals surface area contributed by atoms with Crippen LogP contribution in [0.25, 0.3) is 10.9 Å². The number of methoxy groups -OCH3 is 1. The van der Waals surface area contributed by atoms with Gasteiger partial charge >= 0.3 is 5.97 Å². The van der Waals surface area contributed by atoms with Gasteiger partial charge in [0.05, 0.1) is 17.5 Å². The third kappa shape index (κ3) is 3.97. The largest absolute Gasteiger partial charge is 0.481 e. The number of carbonyl (C=O) groups is 1. The van der Waals surface area contributed by atoms with Gasteiger partial charge in [-0.3, -0.25) is 4.79 Å². The number of rotatable bonds is 7. The molecule has 3 aromatic rings. The van der Waals surface area contributed by atoms with Crippen LogP contribution in [-0.4, -0.2) is 22.8 Å². The van der Waals surface area contributed by atoms with Crippen LogP contribution >= 0.6 is 23.4 Å². The SMILES string of the molecule is CCC(OC)c1cc(F)cc2c1c(Sc1ccc(Cl)cc1)c1n2CCC1C(C)C(=O)O. The first-order valence-corrected chi connectivity index (χ1v) is 11.6. The summed E-state index contributed by atoms with van der Waals surface area (Å²) < 4.78 is 22.5. The van der Waals surface area contributed by atoms with E-state index in [1.807, 2.05) is 31.2 Å². The van der Waals surface area contributed by atoms with Crippen molar-refractivity contribution in [3.63, 3.8) is 0 Å². The fourth-order valence-corrected chi connectivity index (χ4v) is 5.94. The lowest BCUT2D eigenvalue weighted by molar-refractivity contribution is -0.141. The maximum atomic E-state index is 14.7. The van der Waals surface area contributed by atoms with E-state index in [1.54, 1.807) is 37.9 Å². The molecule has 0 fully saturated rings. The Morgan fingerprint density at radius 2 is 2.06 bits per heavy atom. The number of hydrogen-bond donors (Lipinski definition) is 1. The molecule has 3 unspecified atom stereocenters. The summed E-state index contributed by atoms with van der Waals surface area (Å²) in [7, 11) is 1.63. The van der Waals surface area contributed by atoms with Crippen LogP contribution in [0, 0.1) is 11.7 Å². The van der Waals surface area contributed by atoms with Crippen molar-refractivity contribution in [1.29, 1.82) is 0 Å². The van der Waals surface area contributed by atoms with Gasteiger partial charge in [-0.1, -0.05) is 37.2 Å². The monoisotopic (exact) mass is 461 g/mol. The van der Waals surface area contributed by atoms with Gasteiger partial charge in [-0.2, -0.15) is 0 Å². The molecule has 4 rings (SSSR count). The summed E-state index contributed by atoms with van der Waals surface area (Å²) in [6.07, 6.45) is 1.18. The third-order valence-electron chi connectivity index (χ3n) is 6.20. The number of aryl methyl sites for hydroxylation is 1. The molecule has 1 aliphatic rings. The summed E-state index contributed by atoms with van der Waals surface area (Å²) in [5.41, 5.74) is 2.58. The molecule has 0 saturated carbocycles. The zero-order valence-electron chi connectivity index (χ0n) is 17.7. The number of ether oxygens (including phenoxy) is 1. The highest BCUT2D eigenvalue weighted by Crippen LogP contribution is 2.50. The minimum absolute atomic E-state index is 0.141. The Balaban J connectivity index is 2.00. The predicted octanol–water partition coefficient (Wildman–Crippen LogP) is 6.89. The molecule has 0 bridgehead atoms. The van der Waals surface area contributed by atoms with E-state index in [9.17, 15) is 14.3 Å². The highest BCUT2D eigenvalue weighted by molar-refractivity contribution is 7.99. The van der Waals surface area contributed by atoms with Crippen molar-refractivity contribution in [2.45, 2.75) is 55.0 Å². The van der Waals surface area contributed by atoms with Gasteiger partial charge in [0.1, 0.15) is 5.82 Å². The van der Waals surface area contributed by atoms with Crippen molar-refractivity contribution in [3.8, 4) is 0 Å². The minimum atomic E-state index is -0.819. The molecule has 0 saturated heterocycles. The number of aromatic nitrogens is 1. The Bertz CT molecular complexity index is 1120. The Hall–Kier alpha value is -2.02. The number of benzene rings is 2. The fraction of sp³-hybridized carbons (Fsp3) is 0.375. The summed E-state index contributed by atoms with van der Waals surface area (Å²) in [6, 6.07) is 10.7. The second-order valence-corrected chi connectivity index (χ2v) is 9.49. The standard InChI is InChI=1S/C24H25ClFNO3S/c1-4-20(30-3)18-11-15(26)12-19-21(18)23(31-16-7-5-14(25)6-8-16)22-17(9-10-27(19)22)13(2)24(28)29/h5-8,11-13,17,20H,4,9-10H2,1-3H3,(H,28,29). The highest BCUT2D eigenvalue weighted by atomic mass is 35.5. The zero-order chi connectivity index (χ0) is 22.3. The lowest BCUT2D eigenvalue weighted by atomic mass is 9.89. The van der Waals surface area contributed by atoms with E-state index < -0.39 is 11.9 Å². The van der Waals surface area contributed by atoms with Gasteiger partial charge in [-0.15, -0.1) is 0 Å². The molecule has 0 aliphatic carbocycles. The lowest BCUT2D eigenvalue weighted by Crippen LogP contribution is -2.17. The topological polar surface area (TPSA) is 51.5 Å². The molecule has 31 heavy (non-hydrogen) atoms. The molecule has 164 valence electrons. The predicted molar refractivity (Wildman–Crippen MR) is 122 cm³/mol. The molecule has 2 heterocycles. The van der Waals surface area contributed by atoms with Crippen LogP contribution in [0.3, 0.4) is 0 Å². The average molecular weight is 462 g/mol. The Morgan fingerprint density at radius 1 is 1.35 bits per heavy atom. The van der Waals surface area contributed by atoms with Crippen LogP contribution in [0.5, 0.6) is 0 Å². The van der Waals surface area contributed by atoms with Gasteiger partial charge in [-0.05, 0) is 54.8 Å². The van der Waals surface area contributed by atoms with E-state index in [4.69, 9.17) is 16.3 Å². The summed E-state index contributed by atoms with van der Waals surface area (Å²) in [5, 5.41) is 11.3. The smallest absolute Gasteiger partial charge is 0.306 e. The number of aliphatic carboxylic acids is 1. The van der Waals surface area contributed by atoms with Gasteiger partial charge in [0.2, 0.25) is 0 Å². The van der Waals surface area contributed by atoms with Crippen molar-refractivity contribution >= 4 is 40.2 Å². The number of fused-ring (bicyclic) bond motifs is 3. The third-order valence-corrected chi connectivity index (χ3v) is 7.58. The molecular formula is C24H25ClFNO3S. The van der Waals surface area contributed by atoms with Gasteiger partial charge in [0.15, 0.2) is 0 Å². The van der Waals surface area contributed by atoms with Crippen LogP contribution in [0.2, 0.25) is 5.02 Å². The molecule has 0 amide bonds. The maximum Gasteiger partial charge on any atom is 0.306 e. The van der Waals surface area contributed by atoms with Crippen molar-refractivity contribution in [2.24, 2.45) is 5.92 Å². The Morgan fingerprint density at radius 3 is 2.68 bits per heavy atom. The van der Waals surface area contributed by atoms with Crippen molar-refractivity contribution in [3.05, 3.63) is 58.5 Å². The van der Waals surface area contributed by atoms with Crippen molar-refractivity contribution in [1.82, 2.24) is 4.57 Å². The van der Waals surface area contributed by atoms with E-state index in [1.165, 1.54) is 0 Å². The van der Waals surface area contributed by atoms with Gasteiger partial charge in [0, 0.05) is 45.5 Å². The molecule has 4 nitrogen and oxygen atoms in total. The van der Waals surface area contributed by atoms with Crippen LogP contribution < -0.4 is 0 Å². The van der Waals surface area contributed by atoms with Crippen LogP contribution in [0.15, 0.2) is 46.2 Å². The first-order valence-electron chi connectivity index (χ1n) is 10.4. The number of carboxylic acids is 1. The van der Waals surface area contributed by atoms with Gasteiger partial charge in [-0.25, -0.2) is 4.39 Å². The second-order valence-electron chi connectivity index (χ2n) is 7.97. The lowest BCUT2D eigenvalue weighted by Gasteiger charge is -2.19. The van der Waals surface area contributed by atoms with Crippen LogP contribution in [-0.2, 0) is 16.1 Å². The summed E-state index contributed by atoms with van der Waals surface area (Å²) in [6.45, 7) is 4.43. The molecule has 0 radical (unpaired) electrons. The van der Waals surface area contributed by atoms with Gasteiger partial charge < -0.3 is 14.4 Å². The van der Waals surface area contributed by atoms with Gasteiger partial charge in [0.25, 0.3) is 0 Å². The quantitative estimate of drug-likeness (QED) is 0.416. The average Bonchev–Trinajstić information content (AvgIpc) is 3.29. The van der Waals surface area contributed by atoms with Crippen LogP contribution in [0.4, 0.5) is 4.39 Å². The number of halogens is 2. The first-order chi connectivity index (χ1) is 14.8.